The first-order valence-electron chi connectivity index (χ1n) is 16.4. The second-order valence-corrected chi connectivity index (χ2v) is 12.1. The zero-order chi connectivity index (χ0) is 32.6. The van der Waals surface area contributed by atoms with Crippen molar-refractivity contribution in [1.29, 1.82) is 0 Å². The number of fused-ring (bicyclic) bond motifs is 3. The molecule has 4 nitrogen and oxygen atoms in total. The number of hydrogen-bond donors (Lipinski definition) is 0. The third kappa shape index (κ3) is 5.45. The minimum atomic E-state index is 0.591. The quantitative estimate of drug-likeness (QED) is 0.184. The van der Waals surface area contributed by atoms with E-state index in [2.05, 4.69) is 121 Å². The van der Waals surface area contributed by atoms with Gasteiger partial charge in [0.05, 0.1) is 0 Å². The standard InChI is InChI=1S/C45H29N3O/c1-4-12-30(13-5-1)32-22-24-33(25-23-32)38-20-11-21-40-42(38)39-27-26-37(29-41(39)49-40)45-47-43(34-16-8-3-9-17-34)46-44(48-45)36-19-10-18-35(28-36)31-14-6-2-7-15-31/h1-29H. The summed E-state index contributed by atoms with van der Waals surface area (Å²) in [6, 6.07) is 60.5. The van der Waals surface area contributed by atoms with E-state index in [1.807, 2.05) is 54.6 Å². The molecule has 0 spiro atoms. The molecule has 4 heteroatoms. The maximum atomic E-state index is 6.49. The van der Waals surface area contributed by atoms with Crippen molar-refractivity contribution in [3.05, 3.63) is 176 Å². The minimum Gasteiger partial charge on any atom is -0.456 e. The summed E-state index contributed by atoms with van der Waals surface area (Å²) in [7, 11) is 0. The molecule has 0 fully saturated rings. The molecule has 0 aliphatic heterocycles. The maximum Gasteiger partial charge on any atom is 0.164 e. The molecule has 0 unspecified atom stereocenters. The molecule has 0 bridgehead atoms. The van der Waals surface area contributed by atoms with Gasteiger partial charge in [0.25, 0.3) is 0 Å². The fourth-order valence-electron chi connectivity index (χ4n) is 6.50. The summed E-state index contributed by atoms with van der Waals surface area (Å²) in [4.78, 5) is 15.0. The molecule has 0 N–H and O–H groups in total. The Morgan fingerprint density at radius 1 is 0.306 bits per heavy atom. The van der Waals surface area contributed by atoms with Gasteiger partial charge in [-0.25, -0.2) is 15.0 Å². The molecular formula is C45H29N3O. The van der Waals surface area contributed by atoms with Crippen molar-refractivity contribution in [2.24, 2.45) is 0 Å². The summed E-state index contributed by atoms with van der Waals surface area (Å²) in [5.74, 6) is 1.83. The van der Waals surface area contributed by atoms with Gasteiger partial charge in [-0.1, -0.05) is 152 Å². The Morgan fingerprint density at radius 3 is 1.45 bits per heavy atom. The third-order valence-electron chi connectivity index (χ3n) is 8.95. The van der Waals surface area contributed by atoms with Crippen LogP contribution in [0.5, 0.6) is 0 Å². The molecule has 230 valence electrons. The summed E-state index contributed by atoms with van der Waals surface area (Å²) < 4.78 is 6.49. The average molecular weight is 628 g/mol. The lowest BCUT2D eigenvalue weighted by Gasteiger charge is -2.10. The van der Waals surface area contributed by atoms with Crippen LogP contribution in [0.1, 0.15) is 0 Å². The highest BCUT2D eigenvalue weighted by Crippen LogP contribution is 2.39. The summed E-state index contributed by atoms with van der Waals surface area (Å²) in [6.45, 7) is 0. The Bertz CT molecular complexity index is 2580. The lowest BCUT2D eigenvalue weighted by Crippen LogP contribution is -2.00. The first-order valence-corrected chi connectivity index (χ1v) is 16.4. The summed E-state index contributed by atoms with van der Waals surface area (Å²) in [5, 5.41) is 2.14. The molecule has 49 heavy (non-hydrogen) atoms. The molecule has 0 atom stereocenters. The smallest absolute Gasteiger partial charge is 0.164 e. The Hall–Kier alpha value is -6.65. The van der Waals surface area contributed by atoms with Crippen molar-refractivity contribution in [3.8, 4) is 67.5 Å². The number of hydrogen-bond acceptors (Lipinski definition) is 4. The van der Waals surface area contributed by atoms with Gasteiger partial charge in [0.15, 0.2) is 17.5 Å². The molecule has 2 heterocycles. The summed E-state index contributed by atoms with van der Waals surface area (Å²) >= 11 is 0. The number of rotatable bonds is 6. The van der Waals surface area contributed by atoms with Crippen LogP contribution in [0.2, 0.25) is 0 Å². The Balaban J connectivity index is 1.15. The van der Waals surface area contributed by atoms with Crippen LogP contribution < -0.4 is 0 Å². The first kappa shape index (κ1) is 28.6. The molecule has 0 amide bonds. The highest BCUT2D eigenvalue weighted by atomic mass is 16.3. The van der Waals surface area contributed by atoms with E-state index in [9.17, 15) is 0 Å². The zero-order valence-corrected chi connectivity index (χ0v) is 26.5. The van der Waals surface area contributed by atoms with Crippen molar-refractivity contribution in [2.75, 3.05) is 0 Å². The normalized spacial score (nSPS) is 11.3. The first-order chi connectivity index (χ1) is 24.3. The van der Waals surface area contributed by atoms with E-state index >= 15 is 0 Å². The molecular weight excluding hydrogens is 599 g/mol. The molecule has 0 aliphatic rings. The molecule has 9 aromatic rings. The van der Waals surface area contributed by atoms with Crippen LogP contribution in [-0.4, -0.2) is 15.0 Å². The van der Waals surface area contributed by atoms with Crippen LogP contribution in [0, 0.1) is 0 Å². The Kier molecular flexibility index (Phi) is 7.10. The highest BCUT2D eigenvalue weighted by molar-refractivity contribution is 6.13. The van der Waals surface area contributed by atoms with Gasteiger partial charge < -0.3 is 4.42 Å². The molecule has 0 saturated heterocycles. The maximum absolute atomic E-state index is 6.49. The SMILES string of the molecule is c1ccc(-c2ccc(-c3cccc4oc5cc(-c6nc(-c7ccccc7)nc(-c7cccc(-c8ccccc8)c7)n6)ccc5c34)cc2)cc1. The fraction of sp³-hybridized carbons (Fsp3) is 0. The van der Waals surface area contributed by atoms with Crippen LogP contribution in [0.25, 0.3) is 89.5 Å². The zero-order valence-electron chi connectivity index (χ0n) is 26.5. The predicted molar refractivity (Wildman–Crippen MR) is 200 cm³/mol. The van der Waals surface area contributed by atoms with Crippen molar-refractivity contribution in [3.63, 3.8) is 0 Å². The van der Waals surface area contributed by atoms with Gasteiger partial charge in [-0.2, -0.15) is 0 Å². The average Bonchev–Trinajstić information content (AvgIpc) is 3.57. The van der Waals surface area contributed by atoms with Gasteiger partial charge >= 0.3 is 0 Å². The third-order valence-corrected chi connectivity index (χ3v) is 8.95. The molecule has 0 aliphatic carbocycles. The van der Waals surface area contributed by atoms with Crippen molar-refractivity contribution in [2.45, 2.75) is 0 Å². The number of furan rings is 1. The van der Waals surface area contributed by atoms with Gasteiger partial charge in [-0.05, 0) is 57.6 Å². The minimum absolute atomic E-state index is 0.591. The van der Waals surface area contributed by atoms with Crippen molar-refractivity contribution in [1.82, 2.24) is 15.0 Å². The van der Waals surface area contributed by atoms with E-state index in [1.165, 1.54) is 11.1 Å². The number of aromatic nitrogens is 3. The Labute approximate surface area is 284 Å². The van der Waals surface area contributed by atoms with Crippen molar-refractivity contribution < 1.29 is 4.42 Å². The molecule has 7 aromatic carbocycles. The number of benzene rings is 7. The van der Waals surface area contributed by atoms with Gasteiger partial charge in [-0.15, -0.1) is 0 Å². The Morgan fingerprint density at radius 2 is 0.776 bits per heavy atom. The molecule has 2 aromatic heterocycles. The van der Waals surface area contributed by atoms with Gasteiger partial charge in [0.1, 0.15) is 11.2 Å². The van der Waals surface area contributed by atoms with Gasteiger partial charge in [0.2, 0.25) is 0 Å². The highest BCUT2D eigenvalue weighted by Gasteiger charge is 2.17. The van der Waals surface area contributed by atoms with E-state index in [-0.39, 0.29) is 0 Å². The van der Waals surface area contributed by atoms with E-state index in [0.29, 0.717) is 17.5 Å². The van der Waals surface area contributed by atoms with E-state index in [0.717, 1.165) is 60.9 Å². The second-order valence-electron chi connectivity index (χ2n) is 12.1. The van der Waals surface area contributed by atoms with Crippen LogP contribution in [0.4, 0.5) is 0 Å². The second kappa shape index (κ2) is 12.2. The summed E-state index contributed by atoms with van der Waals surface area (Å²) in [6.07, 6.45) is 0. The van der Waals surface area contributed by atoms with E-state index < -0.39 is 0 Å². The van der Waals surface area contributed by atoms with Crippen LogP contribution >= 0.6 is 0 Å². The fourth-order valence-corrected chi connectivity index (χ4v) is 6.50. The van der Waals surface area contributed by atoms with E-state index in [1.54, 1.807) is 0 Å². The lowest BCUT2D eigenvalue weighted by atomic mass is 9.96. The lowest BCUT2D eigenvalue weighted by molar-refractivity contribution is 0.669. The van der Waals surface area contributed by atoms with Gasteiger partial charge in [-0.3, -0.25) is 0 Å². The predicted octanol–water partition coefficient (Wildman–Crippen LogP) is 11.8. The van der Waals surface area contributed by atoms with Gasteiger partial charge in [0, 0.05) is 27.5 Å². The van der Waals surface area contributed by atoms with Crippen LogP contribution in [0.15, 0.2) is 180 Å². The number of nitrogens with zero attached hydrogens (tertiary/aromatic N) is 3. The van der Waals surface area contributed by atoms with Crippen LogP contribution in [0.3, 0.4) is 0 Å². The van der Waals surface area contributed by atoms with E-state index in [4.69, 9.17) is 19.4 Å². The molecule has 9 rings (SSSR count). The topological polar surface area (TPSA) is 51.8 Å². The van der Waals surface area contributed by atoms with Crippen molar-refractivity contribution >= 4 is 21.9 Å². The molecule has 0 radical (unpaired) electrons. The van der Waals surface area contributed by atoms with Crippen LogP contribution in [-0.2, 0) is 0 Å². The summed E-state index contributed by atoms with van der Waals surface area (Å²) in [5.41, 5.74) is 11.3. The monoisotopic (exact) mass is 627 g/mol. The molecule has 0 saturated carbocycles. The largest absolute Gasteiger partial charge is 0.456 e.